The van der Waals surface area contributed by atoms with Gasteiger partial charge in [0.25, 0.3) is 0 Å². The van der Waals surface area contributed by atoms with Gasteiger partial charge in [0.2, 0.25) is 0 Å². The van der Waals surface area contributed by atoms with Gasteiger partial charge >= 0.3 is 0 Å². The number of rotatable bonds is 2. The van der Waals surface area contributed by atoms with Crippen LogP contribution in [0.25, 0.3) is 0 Å². The molecule has 2 heteroatoms. The fourth-order valence-electron chi connectivity index (χ4n) is 2.60. The molecule has 0 N–H and O–H groups in total. The fraction of sp³-hybridized carbons (Fsp3) is 0.533. The molecular formula is C15H22N2. The molecule has 2 rings (SSSR count). The maximum absolute atomic E-state index is 4.65. The van der Waals surface area contributed by atoms with Crippen molar-refractivity contribution in [1.82, 2.24) is 4.90 Å². The van der Waals surface area contributed by atoms with E-state index < -0.39 is 0 Å². The van der Waals surface area contributed by atoms with Gasteiger partial charge in [0, 0.05) is 26.6 Å². The summed E-state index contributed by atoms with van der Waals surface area (Å²) in [4.78, 5) is 6.95. The van der Waals surface area contributed by atoms with Crippen molar-refractivity contribution in [2.45, 2.75) is 33.6 Å². The molecule has 0 aliphatic carbocycles. The molecule has 0 radical (unpaired) electrons. The van der Waals surface area contributed by atoms with Crippen molar-refractivity contribution in [3.63, 3.8) is 0 Å². The zero-order valence-corrected chi connectivity index (χ0v) is 11.4. The Labute approximate surface area is 104 Å². The predicted molar refractivity (Wildman–Crippen MR) is 73.9 cm³/mol. The number of hydrogen-bond acceptors (Lipinski definition) is 2. The van der Waals surface area contributed by atoms with Gasteiger partial charge in [0.1, 0.15) is 5.84 Å². The number of nitrogens with zero attached hydrogens (tertiary/aromatic N) is 2. The van der Waals surface area contributed by atoms with Crippen LogP contribution in [-0.4, -0.2) is 30.9 Å². The van der Waals surface area contributed by atoms with E-state index in [2.05, 4.69) is 49.8 Å². The van der Waals surface area contributed by atoms with Gasteiger partial charge in [-0.3, -0.25) is 4.99 Å². The van der Waals surface area contributed by atoms with Crippen LogP contribution in [0.5, 0.6) is 0 Å². The molecule has 0 fully saturated rings. The molecule has 0 amide bonds. The number of aryl methyl sites for hydroxylation is 3. The Bertz CT molecular complexity index is 423. The second kappa shape index (κ2) is 4.91. The molecule has 1 aromatic rings. The number of amidine groups is 1. The Hall–Kier alpha value is -1.31. The van der Waals surface area contributed by atoms with Gasteiger partial charge in [-0.05, 0) is 43.9 Å². The first-order valence-electron chi connectivity index (χ1n) is 6.39. The second-order valence-corrected chi connectivity index (χ2v) is 5.13. The van der Waals surface area contributed by atoms with Crippen molar-refractivity contribution in [3.8, 4) is 0 Å². The first-order chi connectivity index (χ1) is 8.08. The van der Waals surface area contributed by atoms with E-state index in [0.717, 1.165) is 19.5 Å². The summed E-state index contributed by atoms with van der Waals surface area (Å²) in [6.45, 7) is 8.71. The molecule has 1 heterocycles. The molecule has 17 heavy (non-hydrogen) atoms. The monoisotopic (exact) mass is 230 g/mol. The van der Waals surface area contributed by atoms with E-state index in [-0.39, 0.29) is 0 Å². The van der Waals surface area contributed by atoms with E-state index in [9.17, 15) is 0 Å². The Morgan fingerprint density at radius 1 is 1.18 bits per heavy atom. The van der Waals surface area contributed by atoms with Crippen LogP contribution in [0.4, 0.5) is 0 Å². The summed E-state index contributed by atoms with van der Waals surface area (Å²) in [5.74, 6) is 1.24. The van der Waals surface area contributed by atoms with Crippen LogP contribution in [0.15, 0.2) is 17.1 Å². The van der Waals surface area contributed by atoms with Gasteiger partial charge in [-0.1, -0.05) is 17.7 Å². The van der Waals surface area contributed by atoms with Gasteiger partial charge < -0.3 is 4.90 Å². The molecule has 0 saturated carbocycles. The lowest BCUT2D eigenvalue weighted by Crippen LogP contribution is -2.33. The van der Waals surface area contributed by atoms with Crippen LogP contribution in [0.2, 0.25) is 0 Å². The summed E-state index contributed by atoms with van der Waals surface area (Å²) in [6.07, 6.45) is 2.17. The Kier molecular flexibility index (Phi) is 3.51. The Morgan fingerprint density at radius 3 is 2.41 bits per heavy atom. The van der Waals surface area contributed by atoms with Gasteiger partial charge in [0.05, 0.1) is 0 Å². The van der Waals surface area contributed by atoms with E-state index >= 15 is 0 Å². The highest BCUT2D eigenvalue weighted by Crippen LogP contribution is 2.18. The highest BCUT2D eigenvalue weighted by atomic mass is 15.2. The maximum Gasteiger partial charge on any atom is 0.103 e. The zero-order valence-electron chi connectivity index (χ0n) is 11.4. The van der Waals surface area contributed by atoms with Crippen molar-refractivity contribution in [2.75, 3.05) is 20.1 Å². The van der Waals surface area contributed by atoms with Crippen molar-refractivity contribution in [3.05, 3.63) is 34.4 Å². The first kappa shape index (κ1) is 12.2. The molecule has 1 aliphatic heterocycles. The van der Waals surface area contributed by atoms with Crippen LogP contribution < -0.4 is 0 Å². The lowest BCUT2D eigenvalue weighted by molar-refractivity contribution is 0.459. The standard InChI is InChI=1S/C15H22N2/c1-11-8-12(2)14(13(3)9-11)10-15-16-6-5-7-17(15)4/h8-9H,5-7,10H2,1-4H3. The molecule has 0 unspecified atom stereocenters. The summed E-state index contributed by atoms with van der Waals surface area (Å²) in [5, 5.41) is 0. The number of likely N-dealkylation sites (N-methyl/N-ethyl adjacent to an activating group) is 1. The fourth-order valence-corrected chi connectivity index (χ4v) is 2.60. The van der Waals surface area contributed by atoms with Crippen molar-refractivity contribution >= 4 is 5.84 Å². The van der Waals surface area contributed by atoms with Crippen LogP contribution in [0.1, 0.15) is 28.7 Å². The SMILES string of the molecule is Cc1cc(C)c(CC2=NCCCN2C)c(C)c1. The summed E-state index contributed by atoms with van der Waals surface area (Å²) >= 11 is 0. The third kappa shape index (κ3) is 2.68. The average Bonchev–Trinajstić information content (AvgIpc) is 2.25. The number of hydrogen-bond donors (Lipinski definition) is 0. The maximum atomic E-state index is 4.65. The molecule has 0 aromatic heterocycles. The molecule has 1 aromatic carbocycles. The highest BCUT2D eigenvalue weighted by molar-refractivity contribution is 5.85. The molecule has 1 aliphatic rings. The minimum atomic E-state index is 0.981. The quantitative estimate of drug-likeness (QED) is 0.763. The topological polar surface area (TPSA) is 15.6 Å². The molecule has 0 saturated heterocycles. The Balaban J connectivity index is 2.27. The van der Waals surface area contributed by atoms with Crippen molar-refractivity contribution < 1.29 is 0 Å². The predicted octanol–water partition coefficient (Wildman–Crippen LogP) is 2.89. The molecule has 92 valence electrons. The van der Waals surface area contributed by atoms with Crippen LogP contribution in [0.3, 0.4) is 0 Å². The van der Waals surface area contributed by atoms with E-state index in [1.54, 1.807) is 0 Å². The van der Waals surface area contributed by atoms with Gasteiger partial charge in [-0.15, -0.1) is 0 Å². The van der Waals surface area contributed by atoms with Crippen molar-refractivity contribution in [2.24, 2.45) is 4.99 Å². The highest BCUT2D eigenvalue weighted by Gasteiger charge is 2.14. The summed E-state index contributed by atoms with van der Waals surface area (Å²) < 4.78 is 0. The first-order valence-corrected chi connectivity index (χ1v) is 6.39. The lowest BCUT2D eigenvalue weighted by Gasteiger charge is -2.26. The number of aliphatic imine (C=N–C) groups is 1. The molecule has 0 bridgehead atoms. The van der Waals surface area contributed by atoms with E-state index in [1.807, 2.05) is 0 Å². The molecule has 0 atom stereocenters. The summed E-state index contributed by atoms with van der Waals surface area (Å²) in [5.41, 5.74) is 5.58. The summed E-state index contributed by atoms with van der Waals surface area (Å²) in [6, 6.07) is 4.54. The van der Waals surface area contributed by atoms with E-state index in [4.69, 9.17) is 0 Å². The lowest BCUT2D eigenvalue weighted by atomic mass is 9.96. The van der Waals surface area contributed by atoms with Gasteiger partial charge in [-0.2, -0.15) is 0 Å². The number of benzene rings is 1. The van der Waals surface area contributed by atoms with Crippen LogP contribution >= 0.6 is 0 Å². The van der Waals surface area contributed by atoms with Gasteiger partial charge in [-0.25, -0.2) is 0 Å². The smallest absolute Gasteiger partial charge is 0.103 e. The second-order valence-electron chi connectivity index (χ2n) is 5.13. The average molecular weight is 230 g/mol. The Morgan fingerprint density at radius 2 is 1.82 bits per heavy atom. The molecule has 2 nitrogen and oxygen atoms in total. The third-order valence-corrected chi connectivity index (χ3v) is 3.56. The van der Waals surface area contributed by atoms with Crippen LogP contribution in [0, 0.1) is 20.8 Å². The largest absolute Gasteiger partial charge is 0.363 e. The van der Waals surface area contributed by atoms with Crippen molar-refractivity contribution in [1.29, 1.82) is 0 Å². The molecular weight excluding hydrogens is 208 g/mol. The van der Waals surface area contributed by atoms with E-state index in [0.29, 0.717) is 0 Å². The third-order valence-electron chi connectivity index (χ3n) is 3.56. The molecule has 0 spiro atoms. The zero-order chi connectivity index (χ0) is 12.4. The minimum absolute atomic E-state index is 0.981. The minimum Gasteiger partial charge on any atom is -0.363 e. The summed E-state index contributed by atoms with van der Waals surface area (Å²) in [7, 11) is 2.15. The van der Waals surface area contributed by atoms with Crippen LogP contribution in [-0.2, 0) is 6.42 Å². The van der Waals surface area contributed by atoms with Gasteiger partial charge in [0.15, 0.2) is 0 Å². The van der Waals surface area contributed by atoms with E-state index in [1.165, 1.54) is 34.5 Å². The normalized spacial score (nSPS) is 16.0.